The minimum absolute atomic E-state index is 0.0685. The van der Waals surface area contributed by atoms with Gasteiger partial charge in [0.15, 0.2) is 0 Å². The number of hydrogen-bond acceptors (Lipinski definition) is 4. The minimum Gasteiger partial charge on any atom is -0.410 e. The van der Waals surface area contributed by atoms with E-state index in [1.165, 1.54) is 6.07 Å². The zero-order valence-electron chi connectivity index (χ0n) is 10.1. The standard InChI is InChI=1S/C13H9FN2O4/c14-11-7-6-9(8-12(11)16(18)19)15-13(17)20-10-4-2-1-3-5-10/h1-8H,(H,15,17). The number of nitro benzene ring substituents is 1. The van der Waals surface area contributed by atoms with Crippen molar-refractivity contribution >= 4 is 17.5 Å². The van der Waals surface area contributed by atoms with Gasteiger partial charge in [-0.25, -0.2) is 4.79 Å². The summed E-state index contributed by atoms with van der Waals surface area (Å²) in [6.45, 7) is 0. The summed E-state index contributed by atoms with van der Waals surface area (Å²) in [5.74, 6) is -0.654. The Labute approximate surface area is 112 Å². The van der Waals surface area contributed by atoms with Gasteiger partial charge in [0.2, 0.25) is 5.82 Å². The average molecular weight is 276 g/mol. The maximum atomic E-state index is 13.1. The van der Waals surface area contributed by atoms with Crippen LogP contribution in [0.5, 0.6) is 5.75 Å². The summed E-state index contributed by atoms with van der Waals surface area (Å²) in [7, 11) is 0. The van der Waals surface area contributed by atoms with Gasteiger partial charge in [0, 0.05) is 6.07 Å². The van der Waals surface area contributed by atoms with Crippen LogP contribution in [0.4, 0.5) is 20.6 Å². The van der Waals surface area contributed by atoms with Crippen molar-refractivity contribution in [2.75, 3.05) is 5.32 Å². The number of para-hydroxylation sites is 1. The zero-order chi connectivity index (χ0) is 14.5. The summed E-state index contributed by atoms with van der Waals surface area (Å²) in [5.41, 5.74) is -0.651. The third-order valence-electron chi connectivity index (χ3n) is 2.34. The van der Waals surface area contributed by atoms with Crippen LogP contribution in [0.25, 0.3) is 0 Å². The van der Waals surface area contributed by atoms with Gasteiger partial charge in [0.25, 0.3) is 0 Å². The first-order valence-corrected chi connectivity index (χ1v) is 5.54. The third kappa shape index (κ3) is 3.29. The number of anilines is 1. The van der Waals surface area contributed by atoms with Gasteiger partial charge >= 0.3 is 11.8 Å². The molecule has 0 spiro atoms. The Bertz CT molecular complexity index is 646. The summed E-state index contributed by atoms with van der Waals surface area (Å²) >= 11 is 0. The number of halogens is 1. The Morgan fingerprint density at radius 3 is 2.55 bits per heavy atom. The molecule has 0 saturated carbocycles. The van der Waals surface area contributed by atoms with Crippen molar-refractivity contribution in [2.24, 2.45) is 0 Å². The van der Waals surface area contributed by atoms with Crippen LogP contribution in [0, 0.1) is 15.9 Å². The van der Waals surface area contributed by atoms with E-state index in [0.717, 1.165) is 12.1 Å². The summed E-state index contributed by atoms with van der Waals surface area (Å²) in [6, 6.07) is 11.3. The number of nitro groups is 1. The van der Waals surface area contributed by atoms with Crippen molar-refractivity contribution < 1.29 is 18.8 Å². The second-order valence-electron chi connectivity index (χ2n) is 3.75. The van der Waals surface area contributed by atoms with Gasteiger partial charge in [0.1, 0.15) is 5.75 Å². The number of ether oxygens (including phenoxy) is 1. The molecule has 0 atom stereocenters. The predicted molar refractivity (Wildman–Crippen MR) is 69.1 cm³/mol. The number of carbonyl (C=O) groups is 1. The van der Waals surface area contributed by atoms with Crippen molar-refractivity contribution in [3.8, 4) is 5.75 Å². The van der Waals surface area contributed by atoms with Gasteiger partial charge in [-0.15, -0.1) is 0 Å². The Morgan fingerprint density at radius 1 is 1.20 bits per heavy atom. The second kappa shape index (κ2) is 5.79. The lowest BCUT2D eigenvalue weighted by atomic mass is 10.2. The van der Waals surface area contributed by atoms with Crippen LogP contribution >= 0.6 is 0 Å². The highest BCUT2D eigenvalue weighted by molar-refractivity contribution is 5.86. The van der Waals surface area contributed by atoms with Crippen molar-refractivity contribution in [3.05, 3.63) is 64.5 Å². The largest absolute Gasteiger partial charge is 0.417 e. The first kappa shape index (κ1) is 13.5. The van der Waals surface area contributed by atoms with E-state index in [2.05, 4.69) is 5.32 Å². The first-order valence-electron chi connectivity index (χ1n) is 5.54. The quantitative estimate of drug-likeness (QED) is 0.688. The number of rotatable bonds is 3. The fraction of sp³-hybridized carbons (Fsp3) is 0. The summed E-state index contributed by atoms with van der Waals surface area (Å²) in [5, 5.41) is 12.9. The van der Waals surface area contributed by atoms with Crippen molar-refractivity contribution in [1.29, 1.82) is 0 Å². The van der Waals surface area contributed by atoms with Gasteiger partial charge in [-0.3, -0.25) is 15.4 Å². The van der Waals surface area contributed by atoms with Crippen molar-refractivity contribution in [1.82, 2.24) is 0 Å². The fourth-order valence-electron chi connectivity index (χ4n) is 1.47. The summed E-state index contributed by atoms with van der Waals surface area (Å²) in [6.07, 6.45) is -0.822. The van der Waals surface area contributed by atoms with Crippen LogP contribution in [0.1, 0.15) is 0 Å². The van der Waals surface area contributed by atoms with Crippen molar-refractivity contribution in [3.63, 3.8) is 0 Å². The van der Waals surface area contributed by atoms with E-state index in [4.69, 9.17) is 4.74 Å². The topological polar surface area (TPSA) is 81.5 Å². The minimum atomic E-state index is -0.975. The lowest BCUT2D eigenvalue weighted by molar-refractivity contribution is -0.387. The molecular formula is C13H9FN2O4. The number of amides is 1. The number of nitrogens with one attached hydrogen (secondary N) is 1. The van der Waals surface area contributed by atoms with E-state index >= 15 is 0 Å². The molecule has 0 radical (unpaired) electrons. The fourth-order valence-corrected chi connectivity index (χ4v) is 1.47. The molecule has 2 aromatic rings. The van der Waals surface area contributed by atoms with E-state index < -0.39 is 22.5 Å². The molecule has 0 saturated heterocycles. The Balaban J connectivity index is 2.08. The van der Waals surface area contributed by atoms with Crippen molar-refractivity contribution in [2.45, 2.75) is 0 Å². The number of hydrogen-bond donors (Lipinski definition) is 1. The molecule has 1 N–H and O–H groups in total. The smallest absolute Gasteiger partial charge is 0.410 e. The molecule has 0 heterocycles. The van der Waals surface area contributed by atoms with E-state index in [0.29, 0.717) is 5.75 Å². The molecule has 0 fully saturated rings. The van der Waals surface area contributed by atoms with Crippen LogP contribution in [-0.4, -0.2) is 11.0 Å². The number of carbonyl (C=O) groups excluding carboxylic acids is 1. The Kier molecular flexibility index (Phi) is 3.90. The van der Waals surface area contributed by atoms with Gasteiger partial charge in [-0.2, -0.15) is 4.39 Å². The van der Waals surface area contributed by atoms with Crippen LogP contribution in [-0.2, 0) is 0 Å². The van der Waals surface area contributed by atoms with E-state index in [-0.39, 0.29) is 5.69 Å². The number of nitrogens with zero attached hydrogens (tertiary/aromatic N) is 1. The molecule has 2 aromatic carbocycles. The molecule has 0 bridgehead atoms. The maximum absolute atomic E-state index is 13.1. The summed E-state index contributed by atoms with van der Waals surface area (Å²) in [4.78, 5) is 21.3. The van der Waals surface area contributed by atoms with E-state index in [1.807, 2.05) is 0 Å². The monoisotopic (exact) mass is 276 g/mol. The Morgan fingerprint density at radius 2 is 1.90 bits per heavy atom. The molecule has 102 valence electrons. The van der Waals surface area contributed by atoms with Gasteiger partial charge in [-0.1, -0.05) is 18.2 Å². The molecule has 20 heavy (non-hydrogen) atoms. The second-order valence-corrected chi connectivity index (χ2v) is 3.75. The van der Waals surface area contributed by atoms with Crippen LogP contribution in [0.2, 0.25) is 0 Å². The lowest BCUT2D eigenvalue weighted by Gasteiger charge is -2.06. The predicted octanol–water partition coefficient (Wildman–Crippen LogP) is 3.34. The van der Waals surface area contributed by atoms with E-state index in [9.17, 15) is 19.3 Å². The SMILES string of the molecule is O=C(Nc1ccc(F)c([N+](=O)[O-])c1)Oc1ccccc1. The molecular weight excluding hydrogens is 267 g/mol. The summed E-state index contributed by atoms with van der Waals surface area (Å²) < 4.78 is 18.1. The molecule has 0 aliphatic carbocycles. The van der Waals surface area contributed by atoms with Gasteiger partial charge in [-0.05, 0) is 24.3 Å². The maximum Gasteiger partial charge on any atom is 0.417 e. The normalized spacial score (nSPS) is 9.85. The van der Waals surface area contributed by atoms with Gasteiger partial charge < -0.3 is 4.74 Å². The van der Waals surface area contributed by atoms with Gasteiger partial charge in [0.05, 0.1) is 10.6 Å². The molecule has 1 amide bonds. The van der Waals surface area contributed by atoms with Crippen LogP contribution in [0.3, 0.4) is 0 Å². The Hall–Kier alpha value is -2.96. The first-order chi connectivity index (χ1) is 9.56. The average Bonchev–Trinajstić information content (AvgIpc) is 2.41. The zero-order valence-corrected chi connectivity index (χ0v) is 10.1. The lowest BCUT2D eigenvalue weighted by Crippen LogP contribution is -2.16. The third-order valence-corrected chi connectivity index (χ3v) is 2.34. The number of benzene rings is 2. The highest BCUT2D eigenvalue weighted by Crippen LogP contribution is 2.21. The molecule has 0 aliphatic rings. The van der Waals surface area contributed by atoms with Crippen LogP contribution in [0.15, 0.2) is 48.5 Å². The molecule has 0 aromatic heterocycles. The highest BCUT2D eigenvalue weighted by Gasteiger charge is 2.15. The van der Waals surface area contributed by atoms with Crippen LogP contribution < -0.4 is 10.1 Å². The molecule has 7 heteroatoms. The highest BCUT2D eigenvalue weighted by atomic mass is 19.1. The van der Waals surface area contributed by atoms with E-state index in [1.54, 1.807) is 30.3 Å². The molecule has 2 rings (SSSR count). The molecule has 6 nitrogen and oxygen atoms in total. The molecule has 0 unspecified atom stereocenters. The molecule has 0 aliphatic heterocycles.